The number of para-hydroxylation sites is 1. The summed E-state index contributed by atoms with van der Waals surface area (Å²) in [5.74, 6) is 0.296. The summed E-state index contributed by atoms with van der Waals surface area (Å²) >= 11 is 0. The van der Waals surface area contributed by atoms with Crippen molar-refractivity contribution in [3.05, 3.63) is 84.9 Å². The van der Waals surface area contributed by atoms with Gasteiger partial charge in [0.2, 0.25) is 5.91 Å². The van der Waals surface area contributed by atoms with Crippen LogP contribution in [0.4, 0.5) is 10.1 Å². The molecule has 0 atom stereocenters. The number of rotatable bonds is 4. The topological polar surface area (TPSA) is 88.5 Å². The third kappa shape index (κ3) is 4.54. The highest BCUT2D eigenvalue weighted by molar-refractivity contribution is 5.99. The fraction of sp³-hybridized carbons (Fsp3) is 0.161. The predicted octanol–water partition coefficient (Wildman–Crippen LogP) is 6.97. The Hall–Kier alpha value is -4.85. The number of carbonyl (C=O) groups is 1. The highest BCUT2D eigenvalue weighted by Gasteiger charge is 2.22. The van der Waals surface area contributed by atoms with Gasteiger partial charge < -0.3 is 10.3 Å². The minimum atomic E-state index is -0.511. The standard InChI is InChI=1S/C31H27FN6O/c1-31(2,3)30(39)34-22-14-20(16-33-17-22)19-10-13-26-24(15-19)28(37-38(26)4)29-35-25-7-5-6-23(27(25)36-29)18-8-11-21(32)12-9-18/h5-17H,1-4H3,(H,34,39)(H,35,36). The van der Waals surface area contributed by atoms with Gasteiger partial charge in [-0.05, 0) is 47.5 Å². The Balaban J connectivity index is 1.42. The van der Waals surface area contributed by atoms with Crippen LogP contribution in [0.25, 0.3) is 55.7 Å². The van der Waals surface area contributed by atoms with Gasteiger partial charge in [0.15, 0.2) is 5.82 Å². The molecule has 0 unspecified atom stereocenters. The van der Waals surface area contributed by atoms with Crippen molar-refractivity contribution in [1.82, 2.24) is 24.7 Å². The van der Waals surface area contributed by atoms with Crippen LogP contribution in [-0.2, 0) is 11.8 Å². The maximum Gasteiger partial charge on any atom is 0.229 e. The number of carbonyl (C=O) groups excluding carboxylic acids is 1. The van der Waals surface area contributed by atoms with Crippen LogP contribution >= 0.6 is 0 Å². The van der Waals surface area contributed by atoms with E-state index >= 15 is 0 Å². The molecule has 194 valence electrons. The van der Waals surface area contributed by atoms with Crippen LogP contribution in [0.2, 0.25) is 0 Å². The van der Waals surface area contributed by atoms with Crippen LogP contribution < -0.4 is 5.32 Å². The Kier molecular flexibility index (Phi) is 5.75. The van der Waals surface area contributed by atoms with Crippen molar-refractivity contribution >= 4 is 33.5 Å². The van der Waals surface area contributed by atoms with Gasteiger partial charge >= 0.3 is 0 Å². The van der Waals surface area contributed by atoms with Crippen LogP contribution in [0, 0.1) is 11.2 Å². The number of imidazole rings is 1. The molecule has 0 aliphatic carbocycles. The number of anilines is 1. The summed E-state index contributed by atoms with van der Waals surface area (Å²) in [5, 5.41) is 8.67. The Morgan fingerprint density at radius 2 is 1.72 bits per heavy atom. The second-order valence-corrected chi connectivity index (χ2v) is 10.7. The fourth-order valence-electron chi connectivity index (χ4n) is 4.61. The lowest BCUT2D eigenvalue weighted by Gasteiger charge is -2.17. The van der Waals surface area contributed by atoms with Crippen molar-refractivity contribution < 1.29 is 9.18 Å². The third-order valence-electron chi connectivity index (χ3n) is 6.75. The Morgan fingerprint density at radius 1 is 0.949 bits per heavy atom. The van der Waals surface area contributed by atoms with Gasteiger partial charge in [0, 0.05) is 35.2 Å². The summed E-state index contributed by atoms with van der Waals surface area (Å²) in [4.78, 5) is 25.2. The molecule has 3 aromatic heterocycles. The number of aromatic amines is 1. The number of H-pyrrole nitrogens is 1. The molecule has 8 heteroatoms. The van der Waals surface area contributed by atoms with E-state index in [1.807, 2.05) is 68.9 Å². The first-order chi connectivity index (χ1) is 18.7. The molecule has 0 radical (unpaired) electrons. The monoisotopic (exact) mass is 518 g/mol. The normalized spacial score (nSPS) is 11.8. The van der Waals surface area contributed by atoms with E-state index in [1.54, 1.807) is 24.5 Å². The average Bonchev–Trinajstić information content (AvgIpc) is 3.49. The molecule has 1 amide bonds. The molecule has 39 heavy (non-hydrogen) atoms. The number of nitrogens with zero attached hydrogens (tertiary/aromatic N) is 4. The summed E-state index contributed by atoms with van der Waals surface area (Å²) in [5.41, 5.74) is 7.09. The maximum absolute atomic E-state index is 13.5. The number of aromatic nitrogens is 5. The van der Waals surface area contributed by atoms with Crippen LogP contribution in [-0.4, -0.2) is 30.6 Å². The second kappa shape index (κ2) is 9.16. The van der Waals surface area contributed by atoms with Crippen molar-refractivity contribution in [3.8, 4) is 33.8 Å². The van der Waals surface area contributed by atoms with E-state index in [9.17, 15) is 9.18 Å². The van der Waals surface area contributed by atoms with Crippen LogP contribution in [0.3, 0.4) is 0 Å². The Bertz CT molecular complexity index is 1860. The molecule has 0 aliphatic heterocycles. The van der Waals surface area contributed by atoms with E-state index in [2.05, 4.69) is 21.4 Å². The van der Waals surface area contributed by atoms with Gasteiger partial charge in [-0.15, -0.1) is 0 Å². The molecular formula is C31H27FN6O. The number of hydrogen-bond donors (Lipinski definition) is 2. The van der Waals surface area contributed by atoms with Crippen molar-refractivity contribution in [2.45, 2.75) is 20.8 Å². The highest BCUT2D eigenvalue weighted by Crippen LogP contribution is 2.34. The summed E-state index contributed by atoms with van der Waals surface area (Å²) < 4.78 is 15.4. The first kappa shape index (κ1) is 24.5. The fourth-order valence-corrected chi connectivity index (χ4v) is 4.61. The molecule has 0 saturated heterocycles. The quantitative estimate of drug-likeness (QED) is 0.264. The molecule has 0 fully saturated rings. The minimum Gasteiger partial charge on any atom is -0.337 e. The zero-order valence-corrected chi connectivity index (χ0v) is 22.1. The Labute approximate surface area is 224 Å². The predicted molar refractivity (Wildman–Crippen MR) is 153 cm³/mol. The first-order valence-electron chi connectivity index (χ1n) is 12.7. The van der Waals surface area contributed by atoms with Crippen LogP contribution in [0.15, 0.2) is 79.1 Å². The van der Waals surface area contributed by atoms with Gasteiger partial charge in [-0.3, -0.25) is 14.5 Å². The van der Waals surface area contributed by atoms with E-state index in [0.717, 1.165) is 49.9 Å². The SMILES string of the molecule is Cn1nc(-c2nc3c(-c4ccc(F)cc4)cccc3[nH]2)c2cc(-c3cncc(NC(=O)C(C)(C)C)c3)ccc21. The zero-order chi connectivity index (χ0) is 27.3. The van der Waals surface area contributed by atoms with Crippen molar-refractivity contribution in [1.29, 1.82) is 0 Å². The molecule has 7 nitrogen and oxygen atoms in total. The number of halogens is 1. The number of fused-ring (bicyclic) bond motifs is 2. The van der Waals surface area contributed by atoms with E-state index in [-0.39, 0.29) is 11.7 Å². The molecule has 3 aromatic carbocycles. The van der Waals surface area contributed by atoms with Crippen LogP contribution in [0.5, 0.6) is 0 Å². The van der Waals surface area contributed by atoms with Crippen molar-refractivity contribution in [2.75, 3.05) is 5.32 Å². The van der Waals surface area contributed by atoms with Gasteiger partial charge in [-0.2, -0.15) is 5.10 Å². The van der Waals surface area contributed by atoms with E-state index in [0.29, 0.717) is 11.5 Å². The van der Waals surface area contributed by atoms with Crippen molar-refractivity contribution in [3.63, 3.8) is 0 Å². The number of pyridine rings is 1. The van der Waals surface area contributed by atoms with E-state index < -0.39 is 5.41 Å². The van der Waals surface area contributed by atoms with Gasteiger partial charge in [-0.25, -0.2) is 9.37 Å². The van der Waals surface area contributed by atoms with Crippen LogP contribution in [0.1, 0.15) is 20.8 Å². The molecular weight excluding hydrogens is 491 g/mol. The second-order valence-electron chi connectivity index (χ2n) is 10.7. The molecule has 0 aliphatic rings. The van der Waals surface area contributed by atoms with Gasteiger partial charge in [0.1, 0.15) is 11.5 Å². The summed E-state index contributed by atoms with van der Waals surface area (Å²) in [6, 6.07) is 20.4. The number of nitrogens with one attached hydrogen (secondary N) is 2. The lowest BCUT2D eigenvalue weighted by atomic mass is 9.95. The number of aryl methyl sites for hydroxylation is 1. The maximum atomic E-state index is 13.5. The molecule has 6 rings (SSSR count). The first-order valence-corrected chi connectivity index (χ1v) is 12.7. The molecule has 2 N–H and O–H groups in total. The summed E-state index contributed by atoms with van der Waals surface area (Å²) in [6.07, 6.45) is 3.42. The van der Waals surface area contributed by atoms with Gasteiger partial charge in [0.05, 0.1) is 28.4 Å². The lowest BCUT2D eigenvalue weighted by molar-refractivity contribution is -0.123. The third-order valence-corrected chi connectivity index (χ3v) is 6.75. The number of benzene rings is 3. The molecule has 6 aromatic rings. The average molecular weight is 519 g/mol. The highest BCUT2D eigenvalue weighted by atomic mass is 19.1. The summed E-state index contributed by atoms with van der Waals surface area (Å²) in [7, 11) is 1.91. The number of hydrogen-bond acceptors (Lipinski definition) is 4. The summed E-state index contributed by atoms with van der Waals surface area (Å²) in [6.45, 7) is 5.62. The molecule has 0 saturated carbocycles. The van der Waals surface area contributed by atoms with E-state index in [4.69, 9.17) is 10.1 Å². The van der Waals surface area contributed by atoms with E-state index in [1.165, 1.54) is 12.1 Å². The molecule has 3 heterocycles. The van der Waals surface area contributed by atoms with Crippen molar-refractivity contribution in [2.24, 2.45) is 12.5 Å². The van der Waals surface area contributed by atoms with Gasteiger partial charge in [-0.1, -0.05) is 51.1 Å². The van der Waals surface area contributed by atoms with Gasteiger partial charge in [0.25, 0.3) is 0 Å². The number of amides is 1. The lowest BCUT2D eigenvalue weighted by Crippen LogP contribution is -2.27. The molecule has 0 spiro atoms. The Morgan fingerprint density at radius 3 is 2.49 bits per heavy atom. The zero-order valence-electron chi connectivity index (χ0n) is 22.1. The minimum absolute atomic E-state index is 0.0728. The molecule has 0 bridgehead atoms. The largest absolute Gasteiger partial charge is 0.337 e. The smallest absolute Gasteiger partial charge is 0.229 e.